The first-order valence-electron chi connectivity index (χ1n) is 3.12. The van der Waals surface area contributed by atoms with Gasteiger partial charge in [0.05, 0.1) is 0 Å². The standard InChI is InChI=1S/C7H7S.HI.Zn/c8-6-7-4-2-1-3-5-7;;/h1-4,8H,6H2;1H;/q;;+1/p-1. The van der Waals surface area contributed by atoms with Crippen molar-refractivity contribution in [3.05, 3.63) is 29.8 Å². The maximum atomic E-state index is 4.26. The van der Waals surface area contributed by atoms with Crippen LogP contribution in [-0.4, -0.2) is 0 Å². The zero-order valence-electron chi connectivity index (χ0n) is 5.55. The van der Waals surface area contributed by atoms with Crippen LogP contribution in [0, 0.1) is 0 Å². The first kappa shape index (κ1) is 9.01. The second-order valence-corrected chi connectivity index (χ2v) is 8.50. The Hall–Kier alpha value is 0.923. The summed E-state index contributed by atoms with van der Waals surface area (Å²) in [5.74, 6) is 0.893. The molecule has 0 bridgehead atoms. The first-order chi connectivity index (χ1) is 4.88. The molecule has 0 unspecified atom stereocenters. The van der Waals surface area contributed by atoms with Crippen LogP contribution in [0.4, 0.5) is 0 Å². The van der Waals surface area contributed by atoms with Crippen LogP contribution >= 0.6 is 32.4 Å². The molecule has 0 nitrogen and oxygen atoms in total. The van der Waals surface area contributed by atoms with E-state index in [1.54, 1.807) is 4.16 Å². The Morgan fingerprint density at radius 3 is 2.60 bits per heavy atom. The zero-order valence-corrected chi connectivity index (χ0v) is 11.6. The van der Waals surface area contributed by atoms with Gasteiger partial charge in [0.15, 0.2) is 0 Å². The molecule has 0 heterocycles. The van der Waals surface area contributed by atoms with Gasteiger partial charge >= 0.3 is 85.7 Å². The van der Waals surface area contributed by atoms with E-state index < -0.39 is 13.6 Å². The molecule has 1 rings (SSSR count). The SMILES string of the molecule is SCc1cccc[c]1[Zn][I]. The van der Waals surface area contributed by atoms with E-state index in [1.165, 1.54) is 5.56 Å². The molecule has 1 aromatic carbocycles. The van der Waals surface area contributed by atoms with Gasteiger partial charge in [-0.25, -0.2) is 0 Å². The third-order valence-corrected chi connectivity index (χ3v) is 8.09. The third-order valence-electron chi connectivity index (χ3n) is 1.43. The van der Waals surface area contributed by atoms with E-state index in [-0.39, 0.29) is 0 Å². The van der Waals surface area contributed by atoms with Crippen molar-refractivity contribution in [1.29, 1.82) is 0 Å². The van der Waals surface area contributed by atoms with Crippen LogP contribution in [0.1, 0.15) is 5.56 Å². The van der Waals surface area contributed by atoms with Crippen molar-refractivity contribution in [2.45, 2.75) is 5.75 Å². The molecule has 0 aliphatic rings. The molecule has 0 atom stereocenters. The fourth-order valence-corrected chi connectivity index (χ4v) is 6.80. The van der Waals surface area contributed by atoms with Gasteiger partial charge in [-0.1, -0.05) is 0 Å². The summed E-state index contributed by atoms with van der Waals surface area (Å²) in [5, 5.41) is 0. The van der Waals surface area contributed by atoms with Gasteiger partial charge in [-0.05, 0) is 0 Å². The Kier molecular flexibility index (Phi) is 4.27. The van der Waals surface area contributed by atoms with Crippen molar-refractivity contribution in [1.82, 2.24) is 0 Å². The molecule has 0 aliphatic carbocycles. The molecule has 0 aliphatic heterocycles. The maximum absolute atomic E-state index is 4.26. The van der Waals surface area contributed by atoms with Crippen LogP contribution in [0.15, 0.2) is 24.3 Å². The third kappa shape index (κ3) is 2.21. The first-order valence-corrected chi connectivity index (χ1v) is 14.3. The zero-order chi connectivity index (χ0) is 7.40. The summed E-state index contributed by atoms with van der Waals surface area (Å²) >= 11 is 6.40. The predicted molar refractivity (Wildman–Crippen MR) is 52.8 cm³/mol. The van der Waals surface area contributed by atoms with E-state index in [0.29, 0.717) is 0 Å². The Balaban J connectivity index is 2.96. The molecule has 1 aromatic rings. The predicted octanol–water partition coefficient (Wildman–Crippen LogP) is 2.17. The van der Waals surface area contributed by atoms with Crippen LogP contribution in [0.2, 0.25) is 0 Å². The summed E-state index contributed by atoms with van der Waals surface area (Å²) in [4.78, 5) is 0. The van der Waals surface area contributed by atoms with Gasteiger partial charge in [0.25, 0.3) is 0 Å². The van der Waals surface area contributed by atoms with Crippen molar-refractivity contribution in [2.75, 3.05) is 0 Å². The Morgan fingerprint density at radius 1 is 1.40 bits per heavy atom. The van der Waals surface area contributed by atoms with Crippen LogP contribution in [0.5, 0.6) is 0 Å². The van der Waals surface area contributed by atoms with Crippen molar-refractivity contribution in [2.24, 2.45) is 0 Å². The van der Waals surface area contributed by atoms with Crippen LogP contribution < -0.4 is 4.16 Å². The summed E-state index contributed by atoms with van der Waals surface area (Å²) in [5.41, 5.74) is 1.43. The molecule has 0 fully saturated rings. The van der Waals surface area contributed by atoms with Crippen LogP contribution in [0.3, 0.4) is 0 Å². The van der Waals surface area contributed by atoms with Crippen molar-refractivity contribution < 1.29 is 13.6 Å². The van der Waals surface area contributed by atoms with Crippen LogP contribution in [0.25, 0.3) is 0 Å². The van der Waals surface area contributed by atoms with Gasteiger partial charge in [-0.2, -0.15) is 0 Å². The van der Waals surface area contributed by atoms with E-state index in [0.717, 1.165) is 5.75 Å². The van der Waals surface area contributed by atoms with Gasteiger partial charge in [0.2, 0.25) is 0 Å². The topological polar surface area (TPSA) is 0 Å². The molecule has 0 saturated heterocycles. The number of rotatable bonds is 2. The summed E-state index contributed by atoms with van der Waals surface area (Å²) in [7, 11) is 0. The second-order valence-electron chi connectivity index (χ2n) is 2.06. The van der Waals surface area contributed by atoms with E-state index in [1.807, 2.05) is 0 Å². The molecule has 50 valence electrons. The summed E-state index contributed by atoms with van der Waals surface area (Å²) in [6.07, 6.45) is 0. The molecule has 0 saturated carbocycles. The summed E-state index contributed by atoms with van der Waals surface area (Å²) < 4.78 is 1.59. The Labute approximate surface area is 85.0 Å². The normalized spacial score (nSPS) is 9.00. The second kappa shape index (κ2) is 4.73. The van der Waals surface area contributed by atoms with Crippen molar-refractivity contribution >= 4 is 36.5 Å². The quantitative estimate of drug-likeness (QED) is 0.483. The minimum absolute atomic E-state index is 0.414. The molecule has 0 amide bonds. The monoisotopic (exact) mass is 314 g/mol. The Bertz CT molecular complexity index is 192. The molecular weight excluding hydrogens is 308 g/mol. The van der Waals surface area contributed by atoms with Gasteiger partial charge in [0, 0.05) is 0 Å². The number of halogens is 1. The average molecular weight is 315 g/mol. The number of hydrogen-bond acceptors (Lipinski definition) is 1. The van der Waals surface area contributed by atoms with Gasteiger partial charge < -0.3 is 0 Å². The molecule has 0 radical (unpaired) electrons. The number of hydrogen-bond donors (Lipinski definition) is 1. The van der Waals surface area contributed by atoms with Gasteiger partial charge in [-0.3, -0.25) is 0 Å². The van der Waals surface area contributed by atoms with Gasteiger partial charge in [-0.15, -0.1) is 0 Å². The minimum atomic E-state index is -0.414. The molecule has 3 heteroatoms. The van der Waals surface area contributed by atoms with Crippen molar-refractivity contribution in [3.8, 4) is 0 Å². The summed E-state index contributed by atoms with van der Waals surface area (Å²) in [6.45, 7) is 0. The van der Waals surface area contributed by atoms with E-state index in [4.69, 9.17) is 0 Å². The molecule has 10 heavy (non-hydrogen) atoms. The molecule has 0 N–H and O–H groups in total. The number of thiol groups is 1. The molecular formula is C7H7ISZn. The molecule has 0 spiro atoms. The van der Waals surface area contributed by atoms with Crippen molar-refractivity contribution in [3.63, 3.8) is 0 Å². The Morgan fingerprint density at radius 2 is 2.10 bits per heavy atom. The fourth-order valence-electron chi connectivity index (χ4n) is 0.842. The van der Waals surface area contributed by atoms with Gasteiger partial charge in [0.1, 0.15) is 0 Å². The fraction of sp³-hybridized carbons (Fsp3) is 0.143. The summed E-state index contributed by atoms with van der Waals surface area (Å²) in [6, 6.07) is 8.61. The van der Waals surface area contributed by atoms with E-state index in [2.05, 4.69) is 56.6 Å². The van der Waals surface area contributed by atoms with Crippen LogP contribution in [-0.2, 0) is 19.4 Å². The van der Waals surface area contributed by atoms with E-state index in [9.17, 15) is 0 Å². The molecule has 0 aromatic heterocycles. The number of benzene rings is 1. The average Bonchev–Trinajstić information content (AvgIpc) is 2.04. The van der Waals surface area contributed by atoms with E-state index >= 15 is 0 Å².